The summed E-state index contributed by atoms with van der Waals surface area (Å²) in [6.45, 7) is 6.12. The van der Waals surface area contributed by atoms with E-state index < -0.39 is 5.60 Å². The standard InChI is InChI=1S/C11H19NO2/c1-9-5-4-6-10(12-9)14-8-7-11(2,3)13/h4,6,9,13H,5,7-8H2,1-3H3. The molecule has 0 bridgehead atoms. The summed E-state index contributed by atoms with van der Waals surface area (Å²) < 4.78 is 5.43. The van der Waals surface area contributed by atoms with Gasteiger partial charge in [0.05, 0.1) is 18.2 Å². The van der Waals surface area contributed by atoms with E-state index >= 15 is 0 Å². The zero-order valence-electron chi connectivity index (χ0n) is 9.16. The lowest BCUT2D eigenvalue weighted by atomic mass is 10.1. The van der Waals surface area contributed by atoms with Crippen molar-refractivity contribution in [3.63, 3.8) is 0 Å². The van der Waals surface area contributed by atoms with Crippen molar-refractivity contribution in [3.05, 3.63) is 12.2 Å². The Labute approximate surface area is 85.5 Å². The quantitative estimate of drug-likeness (QED) is 0.751. The van der Waals surface area contributed by atoms with E-state index in [9.17, 15) is 5.11 Å². The van der Waals surface area contributed by atoms with Gasteiger partial charge in [0, 0.05) is 6.42 Å². The van der Waals surface area contributed by atoms with Crippen molar-refractivity contribution in [2.24, 2.45) is 4.99 Å². The lowest BCUT2D eigenvalue weighted by molar-refractivity contribution is 0.0537. The summed E-state index contributed by atoms with van der Waals surface area (Å²) in [5.41, 5.74) is -0.662. The molecule has 0 aromatic carbocycles. The van der Waals surface area contributed by atoms with Gasteiger partial charge in [0.25, 0.3) is 0 Å². The fraction of sp³-hybridized carbons (Fsp3) is 0.727. The number of nitrogens with zero attached hydrogens (tertiary/aromatic N) is 1. The highest BCUT2D eigenvalue weighted by molar-refractivity contribution is 5.88. The highest BCUT2D eigenvalue weighted by atomic mass is 16.5. The Morgan fingerprint density at radius 1 is 1.64 bits per heavy atom. The van der Waals surface area contributed by atoms with Gasteiger partial charge < -0.3 is 9.84 Å². The van der Waals surface area contributed by atoms with Gasteiger partial charge in [-0.3, -0.25) is 0 Å². The Hall–Kier alpha value is -0.830. The molecule has 80 valence electrons. The van der Waals surface area contributed by atoms with Crippen LogP contribution < -0.4 is 0 Å². The lowest BCUT2D eigenvalue weighted by Gasteiger charge is -2.18. The molecule has 0 aromatic heterocycles. The van der Waals surface area contributed by atoms with Crippen LogP contribution in [0.3, 0.4) is 0 Å². The molecule has 0 amide bonds. The van der Waals surface area contributed by atoms with Crippen molar-refractivity contribution in [1.82, 2.24) is 0 Å². The van der Waals surface area contributed by atoms with Crippen molar-refractivity contribution in [3.8, 4) is 0 Å². The first kappa shape index (κ1) is 11.2. The number of rotatable bonds is 3. The molecule has 3 heteroatoms. The molecular weight excluding hydrogens is 178 g/mol. The molecule has 14 heavy (non-hydrogen) atoms. The lowest BCUT2D eigenvalue weighted by Crippen LogP contribution is -2.22. The molecule has 0 aliphatic carbocycles. The number of aliphatic hydroxyl groups is 1. The molecule has 1 atom stereocenters. The van der Waals surface area contributed by atoms with Gasteiger partial charge in [-0.05, 0) is 33.3 Å². The zero-order chi connectivity index (χ0) is 10.6. The van der Waals surface area contributed by atoms with E-state index in [0.717, 1.165) is 6.42 Å². The van der Waals surface area contributed by atoms with Crippen molar-refractivity contribution in [2.45, 2.75) is 45.3 Å². The first-order valence-electron chi connectivity index (χ1n) is 5.07. The summed E-state index contributed by atoms with van der Waals surface area (Å²) in [6.07, 6.45) is 5.56. The SMILES string of the molecule is CC1CC=CC(OCCC(C)(C)O)=N1. The third-order valence-corrected chi connectivity index (χ3v) is 2.05. The molecule has 0 spiro atoms. The summed E-state index contributed by atoms with van der Waals surface area (Å²) in [5, 5.41) is 9.46. The summed E-state index contributed by atoms with van der Waals surface area (Å²) in [5.74, 6) is 0.688. The van der Waals surface area contributed by atoms with Gasteiger partial charge >= 0.3 is 0 Å². The Balaban J connectivity index is 2.28. The van der Waals surface area contributed by atoms with E-state index in [1.165, 1.54) is 0 Å². The second kappa shape index (κ2) is 4.60. The van der Waals surface area contributed by atoms with Gasteiger partial charge in [0.2, 0.25) is 5.90 Å². The van der Waals surface area contributed by atoms with Crippen molar-refractivity contribution < 1.29 is 9.84 Å². The van der Waals surface area contributed by atoms with E-state index in [1.54, 1.807) is 13.8 Å². The van der Waals surface area contributed by atoms with Crippen LogP contribution in [0.5, 0.6) is 0 Å². The topological polar surface area (TPSA) is 41.8 Å². The van der Waals surface area contributed by atoms with E-state index in [4.69, 9.17) is 4.74 Å². The maximum absolute atomic E-state index is 9.46. The molecule has 0 saturated heterocycles. The maximum Gasteiger partial charge on any atom is 0.208 e. The molecule has 3 nitrogen and oxygen atoms in total. The minimum absolute atomic E-state index is 0.317. The van der Waals surface area contributed by atoms with Gasteiger partial charge in [-0.15, -0.1) is 0 Å². The summed E-state index contributed by atoms with van der Waals surface area (Å²) in [4.78, 5) is 4.33. The van der Waals surface area contributed by atoms with E-state index in [0.29, 0.717) is 25.0 Å². The highest BCUT2D eigenvalue weighted by Gasteiger charge is 2.13. The third-order valence-electron chi connectivity index (χ3n) is 2.05. The van der Waals surface area contributed by atoms with Crippen LogP contribution in [0.1, 0.15) is 33.6 Å². The highest BCUT2D eigenvalue weighted by Crippen LogP contribution is 2.10. The second-order valence-electron chi connectivity index (χ2n) is 4.37. The molecule has 1 aliphatic heterocycles. The van der Waals surface area contributed by atoms with E-state index in [-0.39, 0.29) is 0 Å². The monoisotopic (exact) mass is 197 g/mol. The van der Waals surface area contributed by atoms with Crippen LogP contribution in [0.15, 0.2) is 17.1 Å². The third kappa shape index (κ3) is 4.42. The zero-order valence-corrected chi connectivity index (χ0v) is 9.16. The smallest absolute Gasteiger partial charge is 0.208 e. The predicted molar refractivity (Wildman–Crippen MR) is 57.5 cm³/mol. The van der Waals surface area contributed by atoms with Gasteiger partial charge in [0.1, 0.15) is 0 Å². The van der Waals surface area contributed by atoms with Gasteiger partial charge in [-0.2, -0.15) is 0 Å². The average Bonchev–Trinajstić information content (AvgIpc) is 2.01. The van der Waals surface area contributed by atoms with Crippen LogP contribution in [0.4, 0.5) is 0 Å². The number of hydrogen-bond acceptors (Lipinski definition) is 3. The van der Waals surface area contributed by atoms with Gasteiger partial charge in [-0.25, -0.2) is 4.99 Å². The molecule has 1 rings (SSSR count). The van der Waals surface area contributed by atoms with E-state index in [2.05, 4.69) is 18.0 Å². The van der Waals surface area contributed by atoms with E-state index in [1.807, 2.05) is 6.08 Å². The van der Waals surface area contributed by atoms with Crippen LogP contribution in [-0.4, -0.2) is 29.3 Å². The summed E-state index contributed by atoms with van der Waals surface area (Å²) >= 11 is 0. The fourth-order valence-corrected chi connectivity index (χ4v) is 1.17. The van der Waals surface area contributed by atoms with Crippen molar-refractivity contribution in [2.75, 3.05) is 6.61 Å². The first-order valence-corrected chi connectivity index (χ1v) is 5.07. The maximum atomic E-state index is 9.46. The minimum Gasteiger partial charge on any atom is -0.478 e. The van der Waals surface area contributed by atoms with Crippen LogP contribution >= 0.6 is 0 Å². The molecule has 0 fully saturated rings. The van der Waals surface area contributed by atoms with Crippen LogP contribution in [0, 0.1) is 0 Å². The Morgan fingerprint density at radius 3 is 2.93 bits per heavy atom. The predicted octanol–water partition coefficient (Wildman–Crippen LogP) is 1.91. The number of dihydropyridines is 1. The Kier molecular flexibility index (Phi) is 3.69. The molecule has 0 aromatic rings. The van der Waals surface area contributed by atoms with Crippen molar-refractivity contribution in [1.29, 1.82) is 0 Å². The summed E-state index contributed by atoms with van der Waals surface area (Å²) in [6, 6.07) is 0.317. The van der Waals surface area contributed by atoms with Crippen LogP contribution in [0.2, 0.25) is 0 Å². The molecule has 1 aliphatic rings. The minimum atomic E-state index is -0.662. The average molecular weight is 197 g/mol. The summed E-state index contributed by atoms with van der Waals surface area (Å²) in [7, 11) is 0. The normalized spacial score (nSPS) is 22.0. The number of hydrogen-bond donors (Lipinski definition) is 1. The second-order valence-corrected chi connectivity index (χ2v) is 4.37. The largest absolute Gasteiger partial charge is 0.478 e. The molecule has 1 N–H and O–H groups in total. The number of aliphatic imine (C=N–C) groups is 1. The molecule has 0 saturated carbocycles. The Morgan fingerprint density at radius 2 is 2.36 bits per heavy atom. The fourth-order valence-electron chi connectivity index (χ4n) is 1.17. The van der Waals surface area contributed by atoms with Crippen LogP contribution in [0.25, 0.3) is 0 Å². The molecule has 1 unspecified atom stereocenters. The molecule has 1 heterocycles. The van der Waals surface area contributed by atoms with Crippen molar-refractivity contribution >= 4 is 5.90 Å². The number of ether oxygens (including phenoxy) is 1. The Bertz CT molecular complexity index is 238. The van der Waals surface area contributed by atoms with Gasteiger partial charge in [0.15, 0.2) is 0 Å². The van der Waals surface area contributed by atoms with Crippen LogP contribution in [-0.2, 0) is 4.74 Å². The first-order chi connectivity index (χ1) is 6.47. The molecular formula is C11H19NO2. The van der Waals surface area contributed by atoms with Gasteiger partial charge in [-0.1, -0.05) is 6.08 Å². The molecule has 0 radical (unpaired) electrons.